The molecule has 2 aromatic heterocycles. The molecule has 0 radical (unpaired) electrons. The van der Waals surface area contributed by atoms with E-state index in [9.17, 15) is 37.1 Å². The van der Waals surface area contributed by atoms with Gasteiger partial charge in [-0.15, -0.1) is 0 Å². The fraction of sp³-hybridized carbons (Fsp3) is 0.464. The maximum atomic E-state index is 13.4. The maximum absolute atomic E-state index is 13.4. The molecule has 3 amide bonds. The summed E-state index contributed by atoms with van der Waals surface area (Å²) in [5.41, 5.74) is -2.15. The average molecular weight is 655 g/mol. The molecule has 2 saturated heterocycles. The summed E-state index contributed by atoms with van der Waals surface area (Å²) < 4.78 is 53.7. The van der Waals surface area contributed by atoms with Crippen molar-refractivity contribution in [3.05, 3.63) is 64.0 Å². The van der Waals surface area contributed by atoms with Crippen molar-refractivity contribution in [1.29, 1.82) is 0 Å². The number of aryl methyl sites for hydroxylation is 1. The summed E-state index contributed by atoms with van der Waals surface area (Å²) >= 11 is 6.39. The molecule has 0 saturated carbocycles. The first-order valence-electron chi connectivity index (χ1n) is 14.2. The number of anilines is 1. The first-order valence-corrected chi connectivity index (χ1v) is 14.6. The molecule has 0 aliphatic carbocycles. The molecule has 1 unspecified atom stereocenters. The number of carbonyl (C=O) groups excluding carboxylic acids is 3. The summed E-state index contributed by atoms with van der Waals surface area (Å²) in [6, 6.07) is 4.31. The highest BCUT2D eigenvalue weighted by molar-refractivity contribution is 6.34. The van der Waals surface area contributed by atoms with Crippen molar-refractivity contribution < 1.29 is 37.1 Å². The smallest absolute Gasteiger partial charge is 0.379 e. The van der Waals surface area contributed by atoms with Crippen molar-refractivity contribution in [2.45, 2.75) is 37.6 Å². The monoisotopic (exact) mass is 654 g/mol. The Labute approximate surface area is 259 Å². The number of alkyl halides is 4. The summed E-state index contributed by atoms with van der Waals surface area (Å²) in [4.78, 5) is 48.6. The number of aromatic nitrogens is 4. The number of piperazine rings is 1. The molecule has 0 spiro atoms. The van der Waals surface area contributed by atoms with Crippen molar-refractivity contribution in [2.24, 2.45) is 0 Å². The number of aromatic amines is 1. The van der Waals surface area contributed by atoms with Crippen molar-refractivity contribution >= 4 is 35.0 Å². The molecular formula is C28H31ClF4N8O4. The third-order valence-corrected chi connectivity index (χ3v) is 8.03. The predicted octanol–water partition coefficient (Wildman–Crippen LogP) is 2.49. The van der Waals surface area contributed by atoms with E-state index >= 15 is 0 Å². The zero-order valence-corrected chi connectivity index (χ0v) is 24.7. The molecule has 4 heterocycles. The number of hydrogen-bond acceptors (Lipinski definition) is 7. The van der Waals surface area contributed by atoms with Crippen molar-refractivity contribution in [1.82, 2.24) is 34.9 Å². The lowest BCUT2D eigenvalue weighted by atomic mass is 9.92. The third-order valence-electron chi connectivity index (χ3n) is 7.71. The van der Waals surface area contributed by atoms with E-state index in [1.807, 2.05) is 0 Å². The van der Waals surface area contributed by atoms with Crippen LogP contribution in [0.2, 0.25) is 5.02 Å². The highest BCUT2D eigenvalue weighted by atomic mass is 35.5. The number of piperidine rings is 1. The second-order valence-electron chi connectivity index (χ2n) is 10.9. The minimum Gasteiger partial charge on any atom is -0.379 e. The Kier molecular flexibility index (Phi) is 9.46. The third kappa shape index (κ3) is 7.28. The number of amides is 3. The van der Waals surface area contributed by atoms with Gasteiger partial charge >= 0.3 is 6.18 Å². The number of imidazole rings is 1. The summed E-state index contributed by atoms with van der Waals surface area (Å²) in [6.45, 7) is 0.779. The number of aliphatic hydroxyl groups is 1. The van der Waals surface area contributed by atoms with Gasteiger partial charge in [-0.2, -0.15) is 18.3 Å². The van der Waals surface area contributed by atoms with Gasteiger partial charge in [0.05, 0.1) is 17.1 Å². The van der Waals surface area contributed by atoms with Crippen LogP contribution in [0.5, 0.6) is 0 Å². The Balaban J connectivity index is 1.18. The van der Waals surface area contributed by atoms with Crippen LogP contribution in [0, 0.1) is 0 Å². The van der Waals surface area contributed by atoms with Crippen molar-refractivity contribution in [3.8, 4) is 0 Å². The van der Waals surface area contributed by atoms with Gasteiger partial charge in [0.1, 0.15) is 6.67 Å². The molecule has 242 valence electrons. The zero-order chi connectivity index (χ0) is 32.4. The summed E-state index contributed by atoms with van der Waals surface area (Å²) in [7, 11) is 0. The lowest BCUT2D eigenvalue weighted by Crippen LogP contribution is -2.60. The van der Waals surface area contributed by atoms with Gasteiger partial charge in [0, 0.05) is 68.5 Å². The van der Waals surface area contributed by atoms with Crippen molar-refractivity contribution in [3.63, 3.8) is 0 Å². The van der Waals surface area contributed by atoms with Crippen LogP contribution in [-0.4, -0.2) is 104 Å². The second-order valence-corrected chi connectivity index (χ2v) is 11.3. The van der Waals surface area contributed by atoms with Gasteiger partial charge in [-0.1, -0.05) is 11.6 Å². The van der Waals surface area contributed by atoms with E-state index in [2.05, 4.69) is 25.7 Å². The van der Waals surface area contributed by atoms with E-state index in [0.717, 1.165) is 17.4 Å². The molecule has 1 atom stereocenters. The van der Waals surface area contributed by atoms with Gasteiger partial charge in [0.2, 0.25) is 0 Å². The van der Waals surface area contributed by atoms with E-state index in [1.54, 1.807) is 9.80 Å². The Bertz CT molecular complexity index is 1560. The van der Waals surface area contributed by atoms with Gasteiger partial charge in [0.15, 0.2) is 17.1 Å². The quantitative estimate of drug-likeness (QED) is 0.273. The first kappa shape index (κ1) is 32.4. The first-order chi connectivity index (χ1) is 21.4. The molecule has 45 heavy (non-hydrogen) atoms. The highest BCUT2D eigenvalue weighted by Crippen LogP contribution is 2.32. The lowest BCUT2D eigenvalue weighted by molar-refractivity contribution is -0.154. The Morgan fingerprint density at radius 3 is 2.51 bits per heavy atom. The maximum Gasteiger partial charge on any atom is 0.435 e. The molecular weight excluding hydrogens is 624 g/mol. The minimum atomic E-state index is -4.74. The summed E-state index contributed by atoms with van der Waals surface area (Å²) in [6.07, 6.45) is -1.61. The number of nitrogens with zero attached hydrogens (tertiary/aromatic N) is 5. The number of hydrogen-bond donors (Lipinski definition) is 4. The van der Waals surface area contributed by atoms with Crippen molar-refractivity contribution in [2.75, 3.05) is 51.3 Å². The van der Waals surface area contributed by atoms with Crippen LogP contribution in [-0.2, 0) is 23.9 Å². The zero-order valence-electron chi connectivity index (χ0n) is 24.0. The Hall–Kier alpha value is -4.02. The van der Waals surface area contributed by atoms with Gasteiger partial charge in [0.25, 0.3) is 17.7 Å². The molecule has 4 N–H and O–H groups in total. The normalized spacial score (nSPS) is 19.1. The predicted molar refractivity (Wildman–Crippen MR) is 154 cm³/mol. The summed E-state index contributed by atoms with van der Waals surface area (Å²) in [5.74, 6) is -1.57. The fourth-order valence-electron chi connectivity index (χ4n) is 5.41. The molecule has 3 aromatic rings. The van der Waals surface area contributed by atoms with Gasteiger partial charge in [-0.25, -0.2) is 9.37 Å². The van der Waals surface area contributed by atoms with Gasteiger partial charge < -0.3 is 30.5 Å². The topological polar surface area (TPSA) is 148 Å². The lowest BCUT2D eigenvalue weighted by Gasteiger charge is -2.40. The minimum absolute atomic E-state index is 0.0732. The molecule has 0 bridgehead atoms. The van der Waals surface area contributed by atoms with Crippen LogP contribution in [0.4, 0.5) is 23.2 Å². The highest BCUT2D eigenvalue weighted by Gasteiger charge is 2.41. The number of β-amino-alcohol motifs (C(OH)–C–C–N with tert-alkyl or cyclic N) is 1. The molecule has 5 rings (SSSR count). The van der Waals surface area contributed by atoms with Gasteiger partial charge in [-0.05, 0) is 37.6 Å². The fourth-order valence-corrected chi connectivity index (χ4v) is 5.67. The van der Waals surface area contributed by atoms with Crippen LogP contribution in [0.25, 0.3) is 0 Å². The summed E-state index contributed by atoms with van der Waals surface area (Å²) in [5, 5.41) is 19.8. The van der Waals surface area contributed by atoms with E-state index < -0.39 is 30.1 Å². The second kappa shape index (κ2) is 13.1. The molecule has 12 nitrogen and oxygen atoms in total. The Morgan fingerprint density at radius 2 is 1.87 bits per heavy atom. The van der Waals surface area contributed by atoms with Crippen LogP contribution < -0.4 is 10.6 Å². The van der Waals surface area contributed by atoms with Crippen LogP contribution in [0.1, 0.15) is 50.8 Å². The van der Waals surface area contributed by atoms with Gasteiger partial charge in [-0.3, -0.25) is 19.1 Å². The standard InChI is InChI=1S/C28H31ClF4N8O4/c29-21-13-18(2-3-20(21)25(43)39-8-10-40(11-9-39)26(44)27(45)4-1-6-34-16-27)37-24(42)23-35-14-19(36-23)12-17-15-41(7-5-30)38-22(17)28(31,32)33/h2-3,13-15,34,45H,1,4-12,16H2,(H,35,36)(H,37,42). The van der Waals surface area contributed by atoms with E-state index in [0.29, 0.717) is 12.8 Å². The number of H-pyrrole nitrogens is 1. The number of nitrogens with one attached hydrogen (secondary N) is 3. The van der Waals surface area contributed by atoms with E-state index in [-0.39, 0.29) is 90.9 Å². The van der Waals surface area contributed by atoms with E-state index in [1.165, 1.54) is 24.4 Å². The molecule has 1 aromatic carbocycles. The SMILES string of the molecule is O=C(Nc1ccc(C(=O)N2CCN(C(=O)C3(O)CCCNC3)CC2)c(Cl)c1)c1ncc(Cc2cn(CCF)nc2C(F)(F)F)[nH]1. The molecule has 2 aliphatic rings. The van der Waals surface area contributed by atoms with E-state index in [4.69, 9.17) is 11.6 Å². The molecule has 2 aliphatic heterocycles. The number of halogens is 5. The van der Waals surface area contributed by atoms with Crippen LogP contribution >= 0.6 is 11.6 Å². The average Bonchev–Trinajstić information content (AvgIpc) is 3.65. The van der Waals surface area contributed by atoms with Crippen LogP contribution in [0.15, 0.2) is 30.6 Å². The number of rotatable bonds is 8. The Morgan fingerprint density at radius 1 is 1.13 bits per heavy atom. The largest absolute Gasteiger partial charge is 0.435 e. The molecule has 17 heteroatoms. The number of benzene rings is 1. The number of carbonyl (C=O) groups is 3. The van der Waals surface area contributed by atoms with Crippen LogP contribution in [0.3, 0.4) is 0 Å². The molecule has 2 fully saturated rings.